The number of hydrogen-bond donors (Lipinski definition) is 1. The first-order valence-electron chi connectivity index (χ1n) is 6.41. The number of carbonyl (C=O) groups excluding carboxylic acids is 1. The minimum atomic E-state index is -0.598. The van der Waals surface area contributed by atoms with Gasteiger partial charge in [-0.1, -0.05) is 23.7 Å². The average molecular weight is 322 g/mol. The van der Waals surface area contributed by atoms with Gasteiger partial charge in [-0.25, -0.2) is 0 Å². The van der Waals surface area contributed by atoms with E-state index in [0.717, 1.165) is 11.6 Å². The predicted molar refractivity (Wildman–Crippen MR) is 82.2 cm³/mol. The topological polar surface area (TPSA) is 72.2 Å². The van der Waals surface area contributed by atoms with Gasteiger partial charge >= 0.3 is 0 Å². The molecule has 0 aromatic heterocycles. The third kappa shape index (κ3) is 3.79. The minimum Gasteiger partial charge on any atom is -0.322 e. The molecule has 0 saturated heterocycles. The number of carbonyl (C=O) groups is 1. The molecule has 1 N–H and O–H groups in total. The van der Waals surface area contributed by atoms with E-state index in [9.17, 15) is 19.3 Å². The van der Waals surface area contributed by atoms with E-state index in [0.29, 0.717) is 12.1 Å². The van der Waals surface area contributed by atoms with Crippen molar-refractivity contribution >= 4 is 28.9 Å². The molecule has 0 spiro atoms. The highest BCUT2D eigenvalue weighted by Gasteiger charge is 2.16. The number of hydrogen-bond acceptors (Lipinski definition) is 3. The number of halogens is 2. The van der Waals surface area contributed by atoms with Gasteiger partial charge in [0.05, 0.1) is 22.2 Å². The van der Waals surface area contributed by atoms with E-state index in [1.807, 2.05) is 0 Å². The number of nitro groups is 1. The summed E-state index contributed by atoms with van der Waals surface area (Å²) < 4.78 is 12.2. The predicted octanol–water partition coefficient (Wildman–Crippen LogP) is 4.01. The molecule has 0 aliphatic rings. The van der Waals surface area contributed by atoms with Gasteiger partial charge in [0.25, 0.3) is 11.6 Å². The zero-order valence-electron chi connectivity index (χ0n) is 11.4. The lowest BCUT2D eigenvalue weighted by atomic mass is 10.1. The van der Waals surface area contributed by atoms with Gasteiger partial charge in [0, 0.05) is 24.2 Å². The van der Waals surface area contributed by atoms with Crippen LogP contribution in [0.15, 0.2) is 42.5 Å². The summed E-state index contributed by atoms with van der Waals surface area (Å²) in [4.78, 5) is 22.3. The zero-order chi connectivity index (χ0) is 16.1. The Balaban J connectivity index is 2.18. The van der Waals surface area contributed by atoms with E-state index in [-0.39, 0.29) is 16.3 Å². The molecule has 0 saturated carbocycles. The molecule has 2 rings (SSSR count). The lowest BCUT2D eigenvalue weighted by Crippen LogP contribution is -2.12. The summed E-state index contributed by atoms with van der Waals surface area (Å²) >= 11 is 5.90. The molecule has 0 aliphatic carbocycles. The summed E-state index contributed by atoms with van der Waals surface area (Å²) in [6.45, 7) is -0.449. The molecule has 5 nitrogen and oxygen atoms in total. The van der Waals surface area contributed by atoms with Crippen molar-refractivity contribution in [1.82, 2.24) is 0 Å². The van der Waals surface area contributed by atoms with Crippen molar-refractivity contribution in [2.45, 2.75) is 6.42 Å². The molecule has 2 aromatic rings. The summed E-state index contributed by atoms with van der Waals surface area (Å²) in [6, 6.07) is 10.3. The standard InChI is InChI=1S/C15H12ClFN2O3/c16-14-6-5-12(19(21)22)9-13(14)15(20)18-11-3-1-10(2-4-11)7-8-17/h1-6,9H,7-8H2,(H,18,20)/i17-1. The molecule has 0 radical (unpaired) electrons. The molecule has 1 amide bonds. The van der Waals surface area contributed by atoms with E-state index in [4.69, 9.17) is 11.6 Å². The molecule has 0 unspecified atom stereocenters. The van der Waals surface area contributed by atoms with Gasteiger partial charge in [-0.15, -0.1) is 0 Å². The third-order valence-electron chi connectivity index (χ3n) is 3.00. The van der Waals surface area contributed by atoms with Crippen molar-refractivity contribution in [3.8, 4) is 0 Å². The van der Waals surface area contributed by atoms with Gasteiger partial charge in [-0.2, -0.15) is 0 Å². The van der Waals surface area contributed by atoms with Gasteiger partial charge in [0.1, 0.15) is 0 Å². The number of benzene rings is 2. The van der Waals surface area contributed by atoms with Gasteiger partial charge in [0.2, 0.25) is 0 Å². The largest absolute Gasteiger partial charge is 0.322 e. The fourth-order valence-electron chi connectivity index (χ4n) is 1.86. The first kappa shape index (κ1) is 15.9. The Kier molecular flexibility index (Phi) is 5.06. The number of anilines is 1. The highest BCUT2D eigenvalue weighted by Crippen LogP contribution is 2.23. The van der Waals surface area contributed by atoms with E-state index in [1.54, 1.807) is 24.3 Å². The van der Waals surface area contributed by atoms with Gasteiger partial charge in [-0.05, 0) is 23.8 Å². The summed E-state index contributed by atoms with van der Waals surface area (Å²) in [7, 11) is 0. The normalized spacial score (nSPS) is 10.3. The molecule has 0 aliphatic heterocycles. The van der Waals surface area contributed by atoms with Crippen molar-refractivity contribution in [3.63, 3.8) is 0 Å². The summed E-state index contributed by atoms with van der Waals surface area (Å²) in [5.41, 5.74) is 1.11. The van der Waals surface area contributed by atoms with Crippen molar-refractivity contribution in [1.29, 1.82) is 0 Å². The lowest BCUT2D eigenvalue weighted by molar-refractivity contribution is -0.384. The first-order valence-corrected chi connectivity index (χ1v) is 6.79. The second-order valence-electron chi connectivity index (χ2n) is 4.51. The highest BCUT2D eigenvalue weighted by atomic mass is 35.5. The number of nitro benzene ring substituents is 1. The molecule has 0 heterocycles. The first-order chi connectivity index (χ1) is 10.5. The fourth-order valence-corrected chi connectivity index (χ4v) is 2.07. The van der Waals surface area contributed by atoms with Gasteiger partial charge in [-0.3, -0.25) is 19.3 Å². The maximum Gasteiger partial charge on any atom is 0.270 e. The number of aryl methyl sites for hydroxylation is 1. The number of nitrogens with one attached hydrogen (secondary N) is 1. The number of amides is 1. The van der Waals surface area contributed by atoms with Crippen LogP contribution in [0.4, 0.5) is 15.8 Å². The summed E-state index contributed by atoms with van der Waals surface area (Å²) in [5, 5.41) is 13.5. The van der Waals surface area contributed by atoms with Crippen LogP contribution in [-0.4, -0.2) is 17.5 Å². The Morgan fingerprint density at radius 1 is 1.23 bits per heavy atom. The maximum atomic E-state index is 12.2. The molecule has 114 valence electrons. The molecule has 0 atom stereocenters. The Bertz CT molecular complexity index is 704. The monoisotopic (exact) mass is 321 g/mol. The van der Waals surface area contributed by atoms with E-state index in [2.05, 4.69) is 5.32 Å². The number of non-ortho nitro benzene ring substituents is 1. The Morgan fingerprint density at radius 3 is 2.50 bits per heavy atom. The second kappa shape index (κ2) is 7.00. The SMILES string of the molecule is O=C(Nc1ccc(CC[18F])cc1)c1cc([N+](=O)[O-])ccc1Cl. The molecule has 0 bridgehead atoms. The number of nitrogens with zero attached hydrogens (tertiary/aromatic N) is 1. The molecular weight excluding hydrogens is 310 g/mol. The van der Waals surface area contributed by atoms with Crippen LogP contribution in [0.1, 0.15) is 15.9 Å². The van der Waals surface area contributed by atoms with E-state index in [1.165, 1.54) is 12.1 Å². The Morgan fingerprint density at radius 2 is 1.91 bits per heavy atom. The molecular formula is C15H12ClFN2O3. The van der Waals surface area contributed by atoms with Crippen LogP contribution >= 0.6 is 11.6 Å². The van der Waals surface area contributed by atoms with Crippen LogP contribution in [0.25, 0.3) is 0 Å². The second-order valence-corrected chi connectivity index (χ2v) is 4.92. The van der Waals surface area contributed by atoms with Crippen LogP contribution in [0, 0.1) is 10.1 Å². The summed E-state index contributed by atoms with van der Waals surface area (Å²) in [6.07, 6.45) is 0.310. The maximum absolute atomic E-state index is 12.2. The van der Waals surface area contributed by atoms with Gasteiger partial charge < -0.3 is 5.32 Å². The molecule has 7 heteroatoms. The number of alkyl halides is 1. The molecule has 22 heavy (non-hydrogen) atoms. The van der Waals surface area contributed by atoms with Crippen LogP contribution in [0.2, 0.25) is 5.02 Å². The van der Waals surface area contributed by atoms with E-state index < -0.39 is 17.5 Å². The highest BCUT2D eigenvalue weighted by molar-refractivity contribution is 6.34. The van der Waals surface area contributed by atoms with Crippen molar-refractivity contribution in [2.75, 3.05) is 12.0 Å². The third-order valence-corrected chi connectivity index (χ3v) is 3.33. The smallest absolute Gasteiger partial charge is 0.270 e. The van der Waals surface area contributed by atoms with Crippen LogP contribution in [0.3, 0.4) is 0 Å². The van der Waals surface area contributed by atoms with Crippen molar-refractivity contribution < 1.29 is 14.1 Å². The molecule has 2 aromatic carbocycles. The van der Waals surface area contributed by atoms with Crippen LogP contribution in [-0.2, 0) is 6.42 Å². The molecule has 0 fully saturated rings. The van der Waals surface area contributed by atoms with Gasteiger partial charge in [0.15, 0.2) is 0 Å². The van der Waals surface area contributed by atoms with E-state index >= 15 is 0 Å². The Hall–Kier alpha value is -2.47. The average Bonchev–Trinajstić information content (AvgIpc) is 2.49. The van der Waals surface area contributed by atoms with Crippen LogP contribution < -0.4 is 5.32 Å². The minimum absolute atomic E-state index is 0.0173. The van der Waals surface area contributed by atoms with Crippen molar-refractivity contribution in [3.05, 3.63) is 68.7 Å². The number of rotatable bonds is 5. The quantitative estimate of drug-likeness (QED) is 0.668. The fraction of sp³-hybridized carbons (Fsp3) is 0.133. The zero-order valence-corrected chi connectivity index (χ0v) is 12.1. The Labute approximate surface area is 130 Å². The lowest BCUT2D eigenvalue weighted by Gasteiger charge is -2.07. The van der Waals surface area contributed by atoms with Crippen LogP contribution in [0.5, 0.6) is 0 Å². The summed E-state index contributed by atoms with van der Waals surface area (Å²) in [5.74, 6) is -0.549. The van der Waals surface area contributed by atoms with Crippen molar-refractivity contribution in [2.24, 2.45) is 0 Å².